The van der Waals surface area contributed by atoms with Crippen molar-refractivity contribution in [2.45, 2.75) is 65.0 Å². The van der Waals surface area contributed by atoms with Crippen LogP contribution in [0.25, 0.3) is 11.0 Å². The molecule has 1 atom stereocenters. The number of benzene rings is 1. The van der Waals surface area contributed by atoms with Crippen molar-refractivity contribution >= 4 is 16.9 Å². The number of nitrogens with one attached hydrogen (secondary N) is 2. The zero-order valence-corrected chi connectivity index (χ0v) is 14.7. The van der Waals surface area contributed by atoms with Gasteiger partial charge in [-0.05, 0) is 62.3 Å². The van der Waals surface area contributed by atoms with E-state index in [-0.39, 0.29) is 18.1 Å². The Hall–Kier alpha value is -1.88. The van der Waals surface area contributed by atoms with Crippen LogP contribution in [0.3, 0.4) is 0 Å². The number of aryl methyl sites for hydroxylation is 3. The molecular weight excluding hydrogens is 302 g/mol. The molecule has 130 valence electrons. The minimum Gasteiger partial charge on any atom is -0.393 e. The van der Waals surface area contributed by atoms with Crippen LogP contribution in [0.4, 0.5) is 0 Å². The van der Waals surface area contributed by atoms with E-state index in [0.717, 1.165) is 36.1 Å². The fraction of sp³-hybridized carbons (Fsp3) is 0.579. The van der Waals surface area contributed by atoms with Crippen molar-refractivity contribution in [2.75, 3.05) is 0 Å². The highest BCUT2D eigenvalue weighted by atomic mass is 16.3. The molecule has 3 rings (SSSR count). The number of aliphatic hydroxyl groups excluding tert-OH is 1. The van der Waals surface area contributed by atoms with Crippen LogP contribution in [0.2, 0.25) is 0 Å². The maximum Gasteiger partial charge on any atom is 0.220 e. The van der Waals surface area contributed by atoms with E-state index in [9.17, 15) is 9.90 Å². The third kappa shape index (κ3) is 3.61. The van der Waals surface area contributed by atoms with Gasteiger partial charge in [-0.2, -0.15) is 0 Å². The highest BCUT2D eigenvalue weighted by Crippen LogP contribution is 2.31. The molecule has 5 nitrogen and oxygen atoms in total. The SMILES string of the molecule is CC[C@@H](NC(=O)CCc1nc2cc(C)c(C)cc2[nH]1)C1CC(O)C1. The fourth-order valence-electron chi connectivity index (χ4n) is 3.46. The van der Waals surface area contributed by atoms with Crippen molar-refractivity contribution in [1.29, 1.82) is 0 Å². The summed E-state index contributed by atoms with van der Waals surface area (Å²) in [5.41, 5.74) is 4.46. The maximum atomic E-state index is 12.2. The Morgan fingerprint density at radius 3 is 2.75 bits per heavy atom. The number of carbonyl (C=O) groups is 1. The van der Waals surface area contributed by atoms with E-state index < -0.39 is 0 Å². The molecule has 1 fully saturated rings. The molecule has 0 aliphatic heterocycles. The monoisotopic (exact) mass is 329 g/mol. The molecule has 5 heteroatoms. The van der Waals surface area contributed by atoms with Crippen molar-refractivity contribution < 1.29 is 9.90 Å². The van der Waals surface area contributed by atoms with Gasteiger partial charge in [-0.25, -0.2) is 4.98 Å². The first-order valence-electron chi connectivity index (χ1n) is 8.89. The average Bonchev–Trinajstić information content (AvgIpc) is 2.90. The van der Waals surface area contributed by atoms with Crippen LogP contribution in [0.15, 0.2) is 12.1 Å². The van der Waals surface area contributed by atoms with Gasteiger partial charge in [-0.1, -0.05) is 6.92 Å². The number of amides is 1. The average molecular weight is 329 g/mol. The molecular formula is C19H27N3O2. The molecule has 0 saturated heterocycles. The molecule has 3 N–H and O–H groups in total. The number of aromatic amines is 1. The second-order valence-electron chi connectivity index (χ2n) is 7.10. The van der Waals surface area contributed by atoms with Crippen LogP contribution >= 0.6 is 0 Å². The topological polar surface area (TPSA) is 78.0 Å². The van der Waals surface area contributed by atoms with Gasteiger partial charge in [0, 0.05) is 18.9 Å². The number of H-pyrrole nitrogens is 1. The van der Waals surface area contributed by atoms with E-state index in [4.69, 9.17) is 0 Å². The number of fused-ring (bicyclic) bond motifs is 1. The summed E-state index contributed by atoms with van der Waals surface area (Å²) in [6.07, 6.45) is 3.39. The molecule has 1 saturated carbocycles. The smallest absolute Gasteiger partial charge is 0.220 e. The standard InChI is InChI=1S/C19H27N3O2/c1-4-15(13-9-14(23)10-13)22-19(24)6-5-18-20-16-7-11(2)12(3)8-17(16)21-18/h7-8,13-15,23H,4-6,9-10H2,1-3H3,(H,20,21)(H,22,24)/t13?,14?,15-/m1/s1. The molecule has 1 aliphatic carbocycles. The summed E-state index contributed by atoms with van der Waals surface area (Å²) in [5.74, 6) is 1.35. The van der Waals surface area contributed by atoms with Crippen LogP contribution in [0, 0.1) is 19.8 Å². The first-order valence-corrected chi connectivity index (χ1v) is 8.89. The van der Waals surface area contributed by atoms with Gasteiger partial charge in [-0.3, -0.25) is 4.79 Å². The van der Waals surface area contributed by atoms with Gasteiger partial charge in [0.15, 0.2) is 0 Å². The first-order chi connectivity index (χ1) is 11.5. The largest absolute Gasteiger partial charge is 0.393 e. The van der Waals surface area contributed by atoms with Crippen LogP contribution < -0.4 is 5.32 Å². The number of nitrogens with zero attached hydrogens (tertiary/aromatic N) is 1. The molecule has 1 aliphatic rings. The van der Waals surface area contributed by atoms with Crippen molar-refractivity contribution in [2.24, 2.45) is 5.92 Å². The van der Waals surface area contributed by atoms with Gasteiger partial charge in [0.1, 0.15) is 5.82 Å². The second-order valence-corrected chi connectivity index (χ2v) is 7.10. The van der Waals surface area contributed by atoms with Crippen molar-refractivity contribution in [3.05, 3.63) is 29.1 Å². The van der Waals surface area contributed by atoms with Crippen LogP contribution in [0.1, 0.15) is 49.6 Å². The van der Waals surface area contributed by atoms with Crippen LogP contribution in [0.5, 0.6) is 0 Å². The molecule has 2 aromatic rings. The Bertz CT molecular complexity index is 693. The summed E-state index contributed by atoms with van der Waals surface area (Å²) in [5, 5.41) is 12.6. The highest BCUT2D eigenvalue weighted by Gasteiger charge is 2.33. The van der Waals surface area contributed by atoms with Gasteiger partial charge in [0.2, 0.25) is 5.91 Å². The van der Waals surface area contributed by atoms with Crippen molar-refractivity contribution in [3.8, 4) is 0 Å². The molecule has 0 radical (unpaired) electrons. The third-order valence-electron chi connectivity index (χ3n) is 5.24. The Kier molecular flexibility index (Phi) is 4.90. The zero-order chi connectivity index (χ0) is 17.3. The fourth-order valence-corrected chi connectivity index (χ4v) is 3.46. The Balaban J connectivity index is 1.56. The van der Waals surface area contributed by atoms with E-state index in [1.807, 2.05) is 0 Å². The number of rotatable bonds is 6. The van der Waals surface area contributed by atoms with E-state index in [2.05, 4.69) is 48.2 Å². The Morgan fingerprint density at radius 1 is 1.38 bits per heavy atom. The molecule has 1 amide bonds. The molecule has 24 heavy (non-hydrogen) atoms. The lowest BCUT2D eigenvalue weighted by molar-refractivity contribution is -0.123. The number of aromatic nitrogens is 2. The predicted molar refractivity (Wildman–Crippen MR) is 94.8 cm³/mol. The van der Waals surface area contributed by atoms with Gasteiger partial charge in [0.25, 0.3) is 0 Å². The summed E-state index contributed by atoms with van der Waals surface area (Å²) < 4.78 is 0. The van der Waals surface area contributed by atoms with Gasteiger partial charge < -0.3 is 15.4 Å². The minimum absolute atomic E-state index is 0.0658. The minimum atomic E-state index is -0.177. The molecule has 0 bridgehead atoms. The second kappa shape index (κ2) is 6.93. The van der Waals surface area contributed by atoms with Crippen molar-refractivity contribution in [1.82, 2.24) is 15.3 Å². The summed E-state index contributed by atoms with van der Waals surface area (Å²) >= 11 is 0. The lowest BCUT2D eigenvalue weighted by Crippen LogP contribution is -2.46. The van der Waals surface area contributed by atoms with Gasteiger partial charge in [0.05, 0.1) is 17.1 Å². The maximum absolute atomic E-state index is 12.2. The zero-order valence-electron chi connectivity index (χ0n) is 14.7. The lowest BCUT2D eigenvalue weighted by Gasteiger charge is -2.37. The van der Waals surface area contributed by atoms with Crippen molar-refractivity contribution in [3.63, 3.8) is 0 Å². The van der Waals surface area contributed by atoms with Gasteiger partial charge >= 0.3 is 0 Å². The number of hydrogen-bond donors (Lipinski definition) is 3. The molecule has 1 heterocycles. The molecule has 1 aromatic heterocycles. The number of hydrogen-bond acceptors (Lipinski definition) is 3. The van der Waals surface area contributed by atoms with E-state index in [1.165, 1.54) is 11.1 Å². The van der Waals surface area contributed by atoms with E-state index >= 15 is 0 Å². The summed E-state index contributed by atoms with van der Waals surface area (Å²) in [4.78, 5) is 20.1. The summed E-state index contributed by atoms with van der Waals surface area (Å²) in [6, 6.07) is 4.37. The van der Waals surface area contributed by atoms with Crippen LogP contribution in [-0.4, -0.2) is 33.1 Å². The molecule has 0 spiro atoms. The van der Waals surface area contributed by atoms with Gasteiger partial charge in [-0.15, -0.1) is 0 Å². The first kappa shape index (κ1) is 17.0. The Labute approximate surface area is 142 Å². The quantitative estimate of drug-likeness (QED) is 0.762. The predicted octanol–water partition coefficient (Wildman–Crippen LogP) is 2.78. The number of imidazole rings is 1. The normalized spacial score (nSPS) is 21.5. The number of carbonyl (C=O) groups excluding carboxylic acids is 1. The summed E-state index contributed by atoms with van der Waals surface area (Å²) in [6.45, 7) is 6.25. The molecule has 1 aromatic carbocycles. The Morgan fingerprint density at radius 2 is 2.08 bits per heavy atom. The summed E-state index contributed by atoms with van der Waals surface area (Å²) in [7, 11) is 0. The molecule has 0 unspecified atom stereocenters. The highest BCUT2D eigenvalue weighted by molar-refractivity contribution is 5.78. The van der Waals surface area contributed by atoms with Crippen LogP contribution in [-0.2, 0) is 11.2 Å². The van der Waals surface area contributed by atoms with E-state index in [1.54, 1.807) is 0 Å². The number of aliphatic hydroxyl groups is 1. The van der Waals surface area contributed by atoms with E-state index in [0.29, 0.717) is 18.8 Å². The lowest BCUT2D eigenvalue weighted by atomic mass is 9.76. The third-order valence-corrected chi connectivity index (χ3v) is 5.24.